The minimum absolute atomic E-state index is 0.695. The normalized spacial score (nSPS) is 38.8. The number of methoxy groups -OCH3 is 1. The quantitative estimate of drug-likeness (QED) is 0.610. The summed E-state index contributed by atoms with van der Waals surface area (Å²) >= 11 is 0. The van der Waals surface area contributed by atoms with Gasteiger partial charge in [-0.2, -0.15) is 0 Å². The number of amides is 6. The monoisotopic (exact) mass is 342 g/mol. The summed E-state index contributed by atoms with van der Waals surface area (Å²) in [5.41, 5.74) is -2.09. The van der Waals surface area contributed by atoms with Gasteiger partial charge in [0.15, 0.2) is 0 Å². The fourth-order valence-electron chi connectivity index (χ4n) is 3.45. The van der Waals surface area contributed by atoms with E-state index in [9.17, 15) is 19.2 Å². The highest BCUT2D eigenvalue weighted by Gasteiger charge is 2.86. The van der Waals surface area contributed by atoms with E-state index in [4.69, 9.17) is 14.2 Å². The second kappa shape index (κ2) is 4.43. The lowest BCUT2D eigenvalue weighted by molar-refractivity contribution is -0.349. The van der Waals surface area contributed by atoms with Gasteiger partial charge in [-0.3, -0.25) is 33.8 Å². The zero-order chi connectivity index (χ0) is 18.2. The maximum Gasteiger partial charge on any atom is 0.333 e. The third kappa shape index (κ3) is 1.43. The zero-order valence-corrected chi connectivity index (χ0v) is 14.1. The van der Waals surface area contributed by atoms with Crippen LogP contribution in [0.4, 0.5) is 9.59 Å². The fraction of sp³-hybridized carbons (Fsp3) is 0.692. The number of rotatable bonds is 1. The van der Waals surface area contributed by atoms with Crippen molar-refractivity contribution in [3.05, 3.63) is 0 Å². The Bertz CT molecular complexity index is 683. The molecule has 0 radical (unpaired) electrons. The number of ether oxygens (including phenoxy) is 3. The molecule has 0 saturated carbocycles. The maximum atomic E-state index is 13.0. The van der Waals surface area contributed by atoms with Crippen molar-refractivity contribution in [2.24, 2.45) is 0 Å². The van der Waals surface area contributed by atoms with Crippen molar-refractivity contribution < 1.29 is 33.4 Å². The van der Waals surface area contributed by atoms with Crippen LogP contribution in [-0.2, 0) is 23.8 Å². The molecule has 0 aromatic heterocycles. The molecule has 3 aliphatic heterocycles. The summed E-state index contributed by atoms with van der Waals surface area (Å²) in [5.74, 6) is -5.44. The fourth-order valence-corrected chi connectivity index (χ4v) is 3.45. The Morgan fingerprint density at radius 1 is 1.04 bits per heavy atom. The van der Waals surface area contributed by atoms with Gasteiger partial charge in [0.2, 0.25) is 5.91 Å². The van der Waals surface area contributed by atoms with Crippen molar-refractivity contribution >= 4 is 23.9 Å². The lowest BCUT2D eigenvalue weighted by Crippen LogP contribution is -2.79. The second-order valence-corrected chi connectivity index (χ2v) is 5.92. The Morgan fingerprint density at radius 2 is 1.62 bits per heavy atom. The minimum Gasteiger partial charge on any atom is -0.331 e. The molecule has 3 heterocycles. The SMILES string of the molecule is COC1(C)OC23C(=O)N(C)C(=O)N(C)C2(O1)N(C(C)=O)C(=O)N3C. The smallest absolute Gasteiger partial charge is 0.331 e. The van der Waals surface area contributed by atoms with E-state index < -0.39 is 41.4 Å². The van der Waals surface area contributed by atoms with Crippen LogP contribution in [0.15, 0.2) is 0 Å². The van der Waals surface area contributed by atoms with E-state index in [0.29, 0.717) is 4.90 Å². The molecule has 3 saturated heterocycles. The van der Waals surface area contributed by atoms with Crippen LogP contribution >= 0.6 is 0 Å². The minimum atomic E-state index is -2.11. The van der Waals surface area contributed by atoms with E-state index in [0.717, 1.165) is 21.6 Å². The van der Waals surface area contributed by atoms with Crippen LogP contribution in [0.5, 0.6) is 0 Å². The zero-order valence-electron chi connectivity index (χ0n) is 14.1. The summed E-state index contributed by atoms with van der Waals surface area (Å²) in [5, 5.41) is 0. The Hall–Kier alpha value is -2.24. The van der Waals surface area contributed by atoms with Gasteiger partial charge in [-0.15, -0.1) is 0 Å². The van der Waals surface area contributed by atoms with Gasteiger partial charge in [-0.25, -0.2) is 14.5 Å². The molecule has 132 valence electrons. The number of hydrogen-bond donors (Lipinski definition) is 0. The van der Waals surface area contributed by atoms with Gasteiger partial charge < -0.3 is 4.74 Å². The molecule has 24 heavy (non-hydrogen) atoms. The predicted octanol–water partition coefficient (Wildman–Crippen LogP) is -0.859. The third-order valence-electron chi connectivity index (χ3n) is 4.66. The van der Waals surface area contributed by atoms with Crippen molar-refractivity contribution in [1.82, 2.24) is 19.6 Å². The summed E-state index contributed by atoms with van der Waals surface area (Å²) in [7, 11) is 5.13. The molecule has 0 bridgehead atoms. The topological polar surface area (TPSA) is 109 Å². The molecule has 0 aromatic rings. The van der Waals surface area contributed by atoms with E-state index in [1.165, 1.54) is 35.2 Å². The first-order valence-corrected chi connectivity index (χ1v) is 7.10. The summed E-state index contributed by atoms with van der Waals surface area (Å²) in [6, 6.07) is -1.59. The number of urea groups is 2. The lowest BCUT2D eigenvalue weighted by atomic mass is 10.0. The predicted molar refractivity (Wildman–Crippen MR) is 74.7 cm³/mol. The van der Waals surface area contributed by atoms with E-state index in [1.807, 2.05) is 0 Å². The number of nitrogens with zero attached hydrogens (tertiary/aromatic N) is 4. The van der Waals surface area contributed by atoms with Gasteiger partial charge in [-0.05, 0) is 0 Å². The van der Waals surface area contributed by atoms with Gasteiger partial charge in [0.25, 0.3) is 17.7 Å². The Balaban J connectivity index is 2.37. The third-order valence-corrected chi connectivity index (χ3v) is 4.66. The number of imide groups is 2. The van der Waals surface area contributed by atoms with Crippen LogP contribution in [0.25, 0.3) is 0 Å². The molecule has 3 rings (SSSR count). The lowest BCUT2D eigenvalue weighted by Gasteiger charge is -2.49. The molecular weight excluding hydrogens is 324 g/mol. The molecule has 3 atom stereocenters. The average Bonchev–Trinajstić information content (AvgIpc) is 2.90. The molecular formula is C13H18N4O7. The first-order valence-electron chi connectivity index (χ1n) is 7.10. The second-order valence-electron chi connectivity index (χ2n) is 5.92. The van der Waals surface area contributed by atoms with Gasteiger partial charge in [-0.1, -0.05) is 0 Å². The van der Waals surface area contributed by atoms with Crippen molar-refractivity contribution in [2.75, 3.05) is 28.3 Å². The highest BCUT2D eigenvalue weighted by atomic mass is 16.9. The van der Waals surface area contributed by atoms with E-state index >= 15 is 0 Å². The number of hydrogen-bond acceptors (Lipinski definition) is 7. The average molecular weight is 342 g/mol. The Morgan fingerprint density at radius 3 is 2.12 bits per heavy atom. The molecule has 0 aliphatic carbocycles. The number of carbonyl (C=O) groups excluding carboxylic acids is 4. The van der Waals surface area contributed by atoms with E-state index in [1.54, 1.807) is 0 Å². The van der Waals surface area contributed by atoms with Crippen molar-refractivity contribution in [3.63, 3.8) is 0 Å². The van der Waals surface area contributed by atoms with Gasteiger partial charge in [0.05, 0.1) is 0 Å². The molecule has 0 spiro atoms. The van der Waals surface area contributed by atoms with Crippen LogP contribution < -0.4 is 0 Å². The Kier molecular flexibility index (Phi) is 3.07. The molecule has 6 amide bonds. The molecule has 11 heteroatoms. The van der Waals surface area contributed by atoms with Crippen molar-refractivity contribution in [1.29, 1.82) is 0 Å². The largest absolute Gasteiger partial charge is 0.333 e. The van der Waals surface area contributed by atoms with Gasteiger partial charge in [0, 0.05) is 42.1 Å². The van der Waals surface area contributed by atoms with Gasteiger partial charge >= 0.3 is 17.8 Å². The first-order chi connectivity index (χ1) is 11.0. The van der Waals surface area contributed by atoms with E-state index in [-0.39, 0.29) is 0 Å². The van der Waals surface area contributed by atoms with Crippen LogP contribution in [0, 0.1) is 0 Å². The van der Waals surface area contributed by atoms with Crippen LogP contribution in [-0.4, -0.2) is 89.3 Å². The van der Waals surface area contributed by atoms with Crippen LogP contribution in [0.2, 0.25) is 0 Å². The van der Waals surface area contributed by atoms with Gasteiger partial charge in [0.1, 0.15) is 0 Å². The van der Waals surface area contributed by atoms with Crippen molar-refractivity contribution in [3.8, 4) is 0 Å². The summed E-state index contributed by atoms with van der Waals surface area (Å²) in [6.45, 7) is 2.51. The van der Waals surface area contributed by atoms with Crippen LogP contribution in [0.3, 0.4) is 0 Å². The highest BCUT2D eigenvalue weighted by Crippen LogP contribution is 2.56. The maximum absolute atomic E-state index is 13.0. The molecule has 0 N–H and O–H groups in total. The summed E-state index contributed by atoms with van der Waals surface area (Å²) in [6.07, 6.45) is 0. The van der Waals surface area contributed by atoms with Crippen molar-refractivity contribution in [2.45, 2.75) is 31.4 Å². The highest BCUT2D eigenvalue weighted by molar-refractivity contribution is 6.09. The van der Waals surface area contributed by atoms with Crippen LogP contribution in [0.1, 0.15) is 13.8 Å². The molecule has 3 fully saturated rings. The molecule has 0 aromatic carbocycles. The number of carbonyl (C=O) groups is 4. The summed E-state index contributed by atoms with van der Waals surface area (Å²) in [4.78, 5) is 53.7. The number of likely N-dealkylation sites (N-methyl/N-ethyl adjacent to an activating group) is 3. The first kappa shape index (κ1) is 16.6. The molecule has 3 unspecified atom stereocenters. The standard InChI is InChI=1S/C13H18N4O7/c1-7(18)17-10(21)15(4)12-8(19)14(3)9(20)16(5)13(12,17)24-11(2,22-6)23-12/h1-6H3. The molecule has 3 aliphatic rings. The Labute approximate surface area is 137 Å². The molecule has 11 nitrogen and oxygen atoms in total. The summed E-state index contributed by atoms with van der Waals surface area (Å²) < 4.78 is 16.7. The van der Waals surface area contributed by atoms with E-state index in [2.05, 4.69) is 0 Å².